The van der Waals surface area contributed by atoms with Gasteiger partial charge >= 0.3 is 0 Å². The average Bonchev–Trinajstić information content (AvgIpc) is 2.82. The van der Waals surface area contributed by atoms with Crippen molar-refractivity contribution in [2.45, 2.75) is 19.4 Å². The molecule has 6 nitrogen and oxygen atoms in total. The fraction of sp³-hybridized carbons (Fsp3) is 0.200. The summed E-state index contributed by atoms with van der Waals surface area (Å²) in [6.45, 7) is 1.83. The Morgan fingerprint density at radius 3 is 2.50 bits per heavy atom. The van der Waals surface area contributed by atoms with Crippen LogP contribution < -0.4 is 9.47 Å². The Balaban J connectivity index is 0.00000114. The van der Waals surface area contributed by atoms with Crippen LogP contribution >= 0.6 is 11.6 Å². The number of hydrogen-bond donors (Lipinski definition) is 2. The summed E-state index contributed by atoms with van der Waals surface area (Å²) in [5.41, 5.74) is 4.11. The normalized spacial score (nSPS) is 11.4. The molecule has 2 N–H and O–H groups in total. The number of pyridine rings is 1. The van der Waals surface area contributed by atoms with Gasteiger partial charge in [-0.05, 0) is 47.4 Å². The minimum atomic E-state index is -0.954. The molecule has 0 fully saturated rings. The van der Waals surface area contributed by atoms with Gasteiger partial charge in [0.15, 0.2) is 11.5 Å². The van der Waals surface area contributed by atoms with Gasteiger partial charge in [0.25, 0.3) is 6.47 Å². The maximum atomic E-state index is 11.3. The van der Waals surface area contributed by atoms with Crippen molar-refractivity contribution in [3.05, 3.63) is 82.6 Å². The summed E-state index contributed by atoms with van der Waals surface area (Å²) in [5.74, 6) is 1.05. The first-order chi connectivity index (χ1) is 15.5. The molecule has 0 spiro atoms. The number of ether oxygens (including phenoxy) is 2. The van der Waals surface area contributed by atoms with Gasteiger partial charge in [0, 0.05) is 28.5 Å². The molecule has 32 heavy (non-hydrogen) atoms. The molecule has 7 heteroatoms. The molecule has 0 radical (unpaired) electrons. The number of aliphatic hydroxyl groups is 1. The third kappa shape index (κ3) is 5.87. The summed E-state index contributed by atoms with van der Waals surface area (Å²) in [6, 6.07) is 12.9. The highest BCUT2D eigenvalue weighted by molar-refractivity contribution is 6.30. The lowest BCUT2D eigenvalue weighted by atomic mass is 9.90. The number of halogens is 1. The van der Waals surface area contributed by atoms with E-state index in [1.165, 1.54) is 0 Å². The van der Waals surface area contributed by atoms with Gasteiger partial charge < -0.3 is 19.7 Å². The number of para-hydroxylation sites is 1. The largest absolute Gasteiger partial charge is 0.493 e. The van der Waals surface area contributed by atoms with Gasteiger partial charge in [-0.15, -0.1) is 0 Å². The fourth-order valence-electron chi connectivity index (χ4n) is 3.33. The van der Waals surface area contributed by atoms with Gasteiger partial charge in [-0.25, -0.2) is 0 Å². The summed E-state index contributed by atoms with van der Waals surface area (Å²) >= 11 is 6.30. The molecule has 1 atom stereocenters. The van der Waals surface area contributed by atoms with Crippen LogP contribution in [-0.2, 0) is 4.79 Å². The van der Waals surface area contributed by atoms with Gasteiger partial charge in [0.05, 0.1) is 14.2 Å². The zero-order chi connectivity index (χ0) is 23.5. The van der Waals surface area contributed by atoms with Crippen molar-refractivity contribution in [3.63, 3.8) is 0 Å². The molecule has 168 valence electrons. The van der Waals surface area contributed by atoms with E-state index in [4.69, 9.17) is 31.0 Å². The number of aliphatic hydroxyl groups excluding tert-OH is 1. The molecule has 1 unspecified atom stereocenters. The maximum Gasteiger partial charge on any atom is 0.290 e. The number of hydrogen-bond acceptors (Lipinski definition) is 5. The zero-order valence-corrected chi connectivity index (χ0v) is 18.9. The Morgan fingerprint density at radius 2 is 1.84 bits per heavy atom. The predicted octanol–water partition coefficient (Wildman–Crippen LogP) is 5.62. The third-order valence-corrected chi connectivity index (χ3v) is 4.95. The van der Waals surface area contributed by atoms with Crippen molar-refractivity contribution in [2.75, 3.05) is 14.2 Å². The van der Waals surface area contributed by atoms with Crippen LogP contribution in [0.3, 0.4) is 0 Å². The van der Waals surface area contributed by atoms with Crippen molar-refractivity contribution in [1.29, 1.82) is 0 Å². The van der Waals surface area contributed by atoms with Crippen LogP contribution in [0.25, 0.3) is 17.2 Å². The lowest BCUT2D eigenvalue weighted by molar-refractivity contribution is -0.122. The lowest BCUT2D eigenvalue weighted by Crippen LogP contribution is -2.06. The number of carbonyl (C=O) groups is 1. The van der Waals surface area contributed by atoms with E-state index in [0.717, 1.165) is 23.1 Å². The molecule has 3 rings (SSSR count). The fourth-order valence-corrected chi connectivity index (χ4v) is 3.51. The number of benzene rings is 2. The highest BCUT2D eigenvalue weighted by atomic mass is 35.5. The standard InChI is InChI=1S/C24H24ClNO3.CH2O2/c1-4-5-7-16-15-26-13-12-18(16)19-11-10-17(25)14-21(19)23(27)20-8-6-9-22(28-2)24(20)29-3;2-1-3/h5-15,23,27H,4H2,1-3H3;1H,(H,2,3)/b7-5+;. The minimum absolute atomic E-state index is 0.250. The maximum absolute atomic E-state index is 11.3. The van der Waals surface area contributed by atoms with E-state index in [1.54, 1.807) is 32.5 Å². The average molecular weight is 456 g/mol. The molecule has 0 saturated carbocycles. The predicted molar refractivity (Wildman–Crippen MR) is 126 cm³/mol. The van der Waals surface area contributed by atoms with Gasteiger partial charge in [0.2, 0.25) is 0 Å². The second kappa shape index (κ2) is 12.5. The minimum Gasteiger partial charge on any atom is -0.493 e. The van der Waals surface area contributed by atoms with Gasteiger partial charge in [-0.2, -0.15) is 0 Å². The van der Waals surface area contributed by atoms with E-state index in [9.17, 15) is 5.11 Å². The van der Waals surface area contributed by atoms with Crippen LogP contribution in [-0.4, -0.2) is 35.9 Å². The van der Waals surface area contributed by atoms with E-state index in [0.29, 0.717) is 27.6 Å². The number of methoxy groups -OCH3 is 2. The summed E-state index contributed by atoms with van der Waals surface area (Å²) in [7, 11) is 3.13. The second-order valence-electron chi connectivity index (χ2n) is 6.60. The number of carboxylic acid groups (broad SMARTS) is 1. The van der Waals surface area contributed by atoms with E-state index >= 15 is 0 Å². The first kappa shape index (κ1) is 24.9. The molecule has 0 aliphatic carbocycles. The molecule has 0 amide bonds. The molecule has 0 saturated heterocycles. The van der Waals surface area contributed by atoms with Crippen molar-refractivity contribution in [3.8, 4) is 22.6 Å². The Hall–Kier alpha value is -3.35. The van der Waals surface area contributed by atoms with Crippen LogP contribution in [0, 0.1) is 0 Å². The number of nitrogens with zero attached hydrogens (tertiary/aromatic N) is 1. The Labute approximate surface area is 192 Å². The molecular formula is C25H26ClNO5. The first-order valence-electron chi connectivity index (χ1n) is 9.89. The summed E-state index contributed by atoms with van der Waals surface area (Å²) in [6.07, 6.45) is 7.65. The van der Waals surface area contributed by atoms with Crippen molar-refractivity contribution >= 4 is 24.1 Å². The summed E-state index contributed by atoms with van der Waals surface area (Å²) < 4.78 is 10.9. The Kier molecular flexibility index (Phi) is 9.73. The van der Waals surface area contributed by atoms with Crippen LogP contribution in [0.1, 0.15) is 36.1 Å². The van der Waals surface area contributed by atoms with Crippen LogP contribution in [0.4, 0.5) is 0 Å². The second-order valence-corrected chi connectivity index (χ2v) is 7.03. The molecule has 1 heterocycles. The molecule has 3 aromatic rings. The quantitative estimate of drug-likeness (QED) is 0.449. The number of aromatic nitrogens is 1. The van der Waals surface area contributed by atoms with E-state index in [-0.39, 0.29) is 6.47 Å². The highest BCUT2D eigenvalue weighted by Crippen LogP contribution is 2.41. The van der Waals surface area contributed by atoms with Gasteiger partial charge in [-0.1, -0.05) is 48.9 Å². The smallest absolute Gasteiger partial charge is 0.290 e. The topological polar surface area (TPSA) is 88.9 Å². The lowest BCUT2D eigenvalue weighted by Gasteiger charge is -2.21. The SMILES string of the molecule is CC/C=C/c1cnccc1-c1ccc(Cl)cc1C(O)c1cccc(OC)c1OC.O=CO. The van der Waals surface area contributed by atoms with Gasteiger partial charge in [-0.3, -0.25) is 9.78 Å². The third-order valence-electron chi connectivity index (χ3n) is 4.71. The van der Waals surface area contributed by atoms with Crippen LogP contribution in [0.5, 0.6) is 11.5 Å². The molecule has 1 aromatic heterocycles. The Bertz CT molecular complexity index is 1070. The van der Waals surface area contributed by atoms with Crippen LogP contribution in [0.15, 0.2) is 60.9 Å². The van der Waals surface area contributed by atoms with Crippen molar-refractivity contribution in [2.24, 2.45) is 0 Å². The zero-order valence-electron chi connectivity index (χ0n) is 18.2. The first-order valence-corrected chi connectivity index (χ1v) is 10.3. The van der Waals surface area contributed by atoms with E-state index in [2.05, 4.69) is 18.0 Å². The summed E-state index contributed by atoms with van der Waals surface area (Å²) in [5, 5.41) is 18.8. The van der Waals surface area contributed by atoms with Gasteiger partial charge in [0.1, 0.15) is 6.10 Å². The van der Waals surface area contributed by atoms with Crippen LogP contribution in [0.2, 0.25) is 5.02 Å². The van der Waals surface area contributed by atoms with E-state index < -0.39 is 6.10 Å². The molecule has 0 bridgehead atoms. The van der Waals surface area contributed by atoms with Crippen molar-refractivity contribution in [1.82, 2.24) is 4.98 Å². The Morgan fingerprint density at radius 1 is 1.09 bits per heavy atom. The van der Waals surface area contributed by atoms with E-state index in [1.807, 2.05) is 42.6 Å². The monoisotopic (exact) mass is 455 g/mol. The summed E-state index contributed by atoms with van der Waals surface area (Å²) in [4.78, 5) is 12.6. The highest BCUT2D eigenvalue weighted by Gasteiger charge is 2.22. The van der Waals surface area contributed by atoms with Crippen molar-refractivity contribution < 1.29 is 24.5 Å². The number of rotatable bonds is 7. The number of allylic oxidation sites excluding steroid dienone is 1. The molecular weight excluding hydrogens is 430 g/mol. The molecule has 0 aliphatic heterocycles. The molecule has 2 aromatic carbocycles. The molecule has 0 aliphatic rings.